The fourth-order valence-electron chi connectivity index (χ4n) is 2.97. The molecule has 0 heterocycles. The lowest BCUT2D eigenvalue weighted by Gasteiger charge is -2.01. The molecule has 2 aromatic carbocycles. The highest BCUT2D eigenvalue weighted by Crippen LogP contribution is 2.31. The van der Waals surface area contributed by atoms with E-state index in [-0.39, 0.29) is 0 Å². The monoisotopic (exact) mass is 248 g/mol. The Kier molecular flexibility index (Phi) is 3.50. The lowest BCUT2D eigenvalue weighted by molar-refractivity contribution is 0.747. The number of rotatable bonds is 0. The summed E-state index contributed by atoms with van der Waals surface area (Å²) in [7, 11) is 0. The highest BCUT2D eigenvalue weighted by Gasteiger charge is 2.16. The van der Waals surface area contributed by atoms with Gasteiger partial charge in [-0.15, -0.1) is 0 Å². The summed E-state index contributed by atoms with van der Waals surface area (Å²) in [5.74, 6) is 0.802. The van der Waals surface area contributed by atoms with E-state index >= 15 is 0 Å². The van der Waals surface area contributed by atoms with Gasteiger partial charge in [0.25, 0.3) is 0 Å². The zero-order valence-corrected chi connectivity index (χ0v) is 11.5. The summed E-state index contributed by atoms with van der Waals surface area (Å²) in [6.45, 7) is 2.31. The van der Waals surface area contributed by atoms with Crippen molar-refractivity contribution >= 4 is 6.08 Å². The zero-order valence-electron chi connectivity index (χ0n) is 11.5. The molecule has 4 rings (SSSR count). The van der Waals surface area contributed by atoms with Gasteiger partial charge < -0.3 is 0 Å². The number of allylic oxidation sites excluding steroid dienone is 1. The van der Waals surface area contributed by atoms with Crippen LogP contribution in [0.2, 0.25) is 0 Å². The molecule has 96 valence electrons. The number of fused-ring (bicyclic) bond motifs is 2. The van der Waals surface area contributed by atoms with Gasteiger partial charge in [0.15, 0.2) is 0 Å². The minimum Gasteiger partial charge on any atom is -0.0795 e. The molecule has 2 aromatic rings. The van der Waals surface area contributed by atoms with E-state index in [2.05, 4.69) is 67.6 Å². The highest BCUT2D eigenvalue weighted by molar-refractivity contribution is 5.59. The third-order valence-corrected chi connectivity index (χ3v) is 4.12. The van der Waals surface area contributed by atoms with Crippen LogP contribution in [-0.4, -0.2) is 0 Å². The van der Waals surface area contributed by atoms with Gasteiger partial charge in [-0.25, -0.2) is 0 Å². The second-order valence-electron chi connectivity index (χ2n) is 5.44. The summed E-state index contributed by atoms with van der Waals surface area (Å²) < 4.78 is 0. The van der Waals surface area contributed by atoms with Crippen molar-refractivity contribution in [3.63, 3.8) is 0 Å². The van der Waals surface area contributed by atoms with Crippen molar-refractivity contribution in [3.8, 4) is 0 Å². The minimum atomic E-state index is 0.802. The molecule has 0 aliphatic heterocycles. The average Bonchev–Trinajstić information content (AvgIpc) is 3.07. The zero-order chi connectivity index (χ0) is 13.1. The minimum absolute atomic E-state index is 0.802. The smallest absolute Gasteiger partial charge is 0.00882 e. The van der Waals surface area contributed by atoms with Crippen molar-refractivity contribution in [1.29, 1.82) is 0 Å². The number of hydrogen-bond donors (Lipinski definition) is 0. The standard InChI is InChI=1S/C10H12.C9H8/c1-8-6-7-9-4-2-3-5-10(8)9;1-2-5-9-7-3-6-8(9)4-1/h2-5,8H,6-7H2,1H3;1-6H,7H2. The average molecular weight is 248 g/mol. The molecular weight excluding hydrogens is 228 g/mol. The molecule has 0 saturated heterocycles. The third-order valence-electron chi connectivity index (χ3n) is 4.12. The van der Waals surface area contributed by atoms with Crippen molar-refractivity contribution in [1.82, 2.24) is 0 Å². The molecule has 0 radical (unpaired) electrons. The Labute approximate surface area is 115 Å². The van der Waals surface area contributed by atoms with E-state index in [9.17, 15) is 0 Å². The fourth-order valence-corrected chi connectivity index (χ4v) is 2.97. The molecule has 0 fully saturated rings. The first-order valence-electron chi connectivity index (χ1n) is 7.17. The number of hydrogen-bond acceptors (Lipinski definition) is 0. The largest absolute Gasteiger partial charge is 0.0795 e. The predicted octanol–water partition coefficient (Wildman–Crippen LogP) is 4.99. The van der Waals surface area contributed by atoms with E-state index in [1.807, 2.05) is 0 Å². The molecule has 19 heavy (non-hydrogen) atoms. The van der Waals surface area contributed by atoms with Gasteiger partial charge in [-0.3, -0.25) is 0 Å². The predicted molar refractivity (Wildman–Crippen MR) is 82.4 cm³/mol. The summed E-state index contributed by atoms with van der Waals surface area (Å²) in [4.78, 5) is 0. The third kappa shape index (κ3) is 2.63. The van der Waals surface area contributed by atoms with Gasteiger partial charge in [-0.1, -0.05) is 67.6 Å². The quantitative estimate of drug-likeness (QED) is 0.616. The SMILES string of the molecule is C1=Cc2ccccc2C1.CC1CCc2ccccc21. The number of benzene rings is 2. The Morgan fingerprint density at radius 1 is 0.895 bits per heavy atom. The first kappa shape index (κ1) is 12.2. The summed E-state index contributed by atoms with van der Waals surface area (Å²) in [6.07, 6.45) is 8.13. The van der Waals surface area contributed by atoms with Gasteiger partial charge in [0, 0.05) is 0 Å². The summed E-state index contributed by atoms with van der Waals surface area (Å²) in [6, 6.07) is 17.3. The molecule has 1 atom stereocenters. The molecule has 0 N–H and O–H groups in total. The van der Waals surface area contributed by atoms with Crippen molar-refractivity contribution < 1.29 is 0 Å². The first-order chi connectivity index (χ1) is 9.34. The molecule has 0 bridgehead atoms. The molecule has 1 unspecified atom stereocenters. The van der Waals surface area contributed by atoms with Crippen molar-refractivity contribution in [3.05, 3.63) is 76.9 Å². The summed E-state index contributed by atoms with van der Waals surface area (Å²) >= 11 is 0. The van der Waals surface area contributed by atoms with E-state index in [1.54, 1.807) is 11.1 Å². The van der Waals surface area contributed by atoms with Crippen molar-refractivity contribution in [2.24, 2.45) is 0 Å². The second-order valence-corrected chi connectivity index (χ2v) is 5.44. The molecule has 2 aliphatic rings. The van der Waals surface area contributed by atoms with Gasteiger partial charge in [0.05, 0.1) is 0 Å². The van der Waals surface area contributed by atoms with Gasteiger partial charge in [-0.2, -0.15) is 0 Å². The van der Waals surface area contributed by atoms with Crippen LogP contribution in [0.15, 0.2) is 54.6 Å². The van der Waals surface area contributed by atoms with Gasteiger partial charge in [0.2, 0.25) is 0 Å². The van der Waals surface area contributed by atoms with Crippen LogP contribution in [0.1, 0.15) is 41.5 Å². The van der Waals surface area contributed by atoms with Crippen LogP contribution in [0.25, 0.3) is 6.08 Å². The molecule has 0 saturated carbocycles. The second kappa shape index (κ2) is 5.44. The van der Waals surface area contributed by atoms with Crippen LogP contribution in [0.4, 0.5) is 0 Å². The molecule has 0 amide bonds. The summed E-state index contributed by atoms with van der Waals surface area (Å²) in [5, 5.41) is 0. The Morgan fingerprint density at radius 3 is 2.42 bits per heavy atom. The van der Waals surface area contributed by atoms with E-state index < -0.39 is 0 Å². The lowest BCUT2D eigenvalue weighted by atomic mass is 10.0. The fraction of sp³-hybridized carbons (Fsp3) is 0.263. The maximum Gasteiger partial charge on any atom is -0.00882 e. The van der Waals surface area contributed by atoms with Crippen LogP contribution in [0, 0.1) is 0 Å². The summed E-state index contributed by atoms with van der Waals surface area (Å²) in [5.41, 5.74) is 5.98. The van der Waals surface area contributed by atoms with Crippen molar-refractivity contribution in [2.45, 2.75) is 32.1 Å². The van der Waals surface area contributed by atoms with E-state index in [4.69, 9.17) is 0 Å². The molecule has 2 aliphatic carbocycles. The maximum absolute atomic E-state index is 2.31. The van der Waals surface area contributed by atoms with Crippen LogP contribution < -0.4 is 0 Å². The Hall–Kier alpha value is -1.82. The van der Waals surface area contributed by atoms with E-state index in [1.165, 1.54) is 24.0 Å². The van der Waals surface area contributed by atoms with Crippen LogP contribution >= 0.6 is 0 Å². The van der Waals surface area contributed by atoms with Crippen molar-refractivity contribution in [2.75, 3.05) is 0 Å². The molecular formula is C19H20. The van der Waals surface area contributed by atoms with Crippen LogP contribution in [-0.2, 0) is 12.8 Å². The molecule has 0 aromatic heterocycles. The van der Waals surface area contributed by atoms with Crippen LogP contribution in [0.3, 0.4) is 0 Å². The van der Waals surface area contributed by atoms with Gasteiger partial charge in [-0.05, 0) is 47.4 Å². The first-order valence-corrected chi connectivity index (χ1v) is 7.17. The molecule has 0 heteroatoms. The van der Waals surface area contributed by atoms with E-state index in [0.717, 1.165) is 12.3 Å². The Bertz CT molecular complexity index is 592. The molecule has 0 spiro atoms. The Balaban J connectivity index is 0.000000117. The number of aryl methyl sites for hydroxylation is 1. The van der Waals surface area contributed by atoms with Crippen LogP contribution in [0.5, 0.6) is 0 Å². The lowest BCUT2D eigenvalue weighted by Crippen LogP contribution is -1.83. The van der Waals surface area contributed by atoms with Gasteiger partial charge >= 0.3 is 0 Å². The molecule has 0 nitrogen and oxygen atoms in total. The topological polar surface area (TPSA) is 0 Å². The van der Waals surface area contributed by atoms with Gasteiger partial charge in [0.1, 0.15) is 0 Å². The maximum atomic E-state index is 2.31. The Morgan fingerprint density at radius 2 is 1.63 bits per heavy atom. The van der Waals surface area contributed by atoms with E-state index in [0.29, 0.717) is 0 Å². The normalized spacial score (nSPS) is 18.5. The highest BCUT2D eigenvalue weighted by atomic mass is 14.2.